The molecule has 2 heterocycles. The predicted octanol–water partition coefficient (Wildman–Crippen LogP) is 2.70. The van der Waals surface area contributed by atoms with Crippen LogP contribution in [0.25, 0.3) is 0 Å². The van der Waals surface area contributed by atoms with E-state index in [2.05, 4.69) is 20.3 Å². The first-order valence-corrected chi connectivity index (χ1v) is 6.75. The van der Waals surface area contributed by atoms with Crippen molar-refractivity contribution < 1.29 is 4.74 Å². The van der Waals surface area contributed by atoms with Crippen molar-refractivity contribution in [1.29, 1.82) is 0 Å². The van der Waals surface area contributed by atoms with Gasteiger partial charge < -0.3 is 10.1 Å². The second-order valence-electron chi connectivity index (χ2n) is 4.14. The molecule has 0 saturated carbocycles. The minimum absolute atomic E-state index is 0.193. The Kier molecular flexibility index (Phi) is 3.21. The molecule has 2 aromatic rings. The molecule has 0 radical (unpaired) electrons. The maximum Gasteiger partial charge on any atom is 0.228 e. The summed E-state index contributed by atoms with van der Waals surface area (Å²) in [5.41, 5.74) is 1.15. The molecular formula is C12H14N4OS. The number of fused-ring (bicyclic) bond motifs is 1. The van der Waals surface area contributed by atoms with Crippen LogP contribution in [0.1, 0.15) is 29.5 Å². The summed E-state index contributed by atoms with van der Waals surface area (Å²) in [6, 6.07) is 1.79. The molecule has 0 aromatic carbocycles. The van der Waals surface area contributed by atoms with E-state index in [4.69, 9.17) is 4.74 Å². The van der Waals surface area contributed by atoms with Gasteiger partial charge >= 0.3 is 0 Å². The normalized spacial score (nSPS) is 18.4. The number of nitrogens with zero attached hydrogens (tertiary/aromatic N) is 3. The lowest BCUT2D eigenvalue weighted by Gasteiger charge is -2.18. The molecule has 1 N–H and O–H groups in total. The first-order chi connectivity index (χ1) is 8.86. The maximum atomic E-state index is 5.49. The molecule has 0 spiro atoms. The van der Waals surface area contributed by atoms with Crippen LogP contribution in [0.15, 0.2) is 18.5 Å². The fraction of sp³-hybridized carbons (Fsp3) is 0.417. The topological polar surface area (TPSA) is 59.9 Å². The van der Waals surface area contributed by atoms with Gasteiger partial charge in [-0.25, -0.2) is 15.0 Å². The summed E-state index contributed by atoms with van der Waals surface area (Å²) in [6.07, 6.45) is 6.85. The minimum Gasteiger partial charge on any atom is -0.376 e. The minimum atomic E-state index is 0.193. The Hall–Kier alpha value is -1.53. The molecule has 0 fully saturated rings. The summed E-state index contributed by atoms with van der Waals surface area (Å²) < 4.78 is 5.49. The highest BCUT2D eigenvalue weighted by Gasteiger charge is 2.24. The lowest BCUT2D eigenvalue weighted by molar-refractivity contribution is 0.0908. The van der Waals surface area contributed by atoms with Crippen LogP contribution in [0, 0.1) is 0 Å². The van der Waals surface area contributed by atoms with Crippen LogP contribution in [0.3, 0.4) is 0 Å². The highest BCUT2D eigenvalue weighted by Crippen LogP contribution is 2.38. The number of anilines is 2. The second-order valence-corrected chi connectivity index (χ2v) is 5.17. The summed E-state index contributed by atoms with van der Waals surface area (Å²) in [6.45, 7) is 0. The number of hydrogen-bond acceptors (Lipinski definition) is 6. The molecule has 0 amide bonds. The zero-order valence-corrected chi connectivity index (χ0v) is 10.9. The number of aromatic nitrogens is 3. The quantitative estimate of drug-likeness (QED) is 0.921. The van der Waals surface area contributed by atoms with Crippen LogP contribution >= 0.6 is 11.3 Å². The van der Waals surface area contributed by atoms with Gasteiger partial charge in [0.15, 0.2) is 5.13 Å². The van der Waals surface area contributed by atoms with E-state index >= 15 is 0 Å². The monoisotopic (exact) mass is 262 g/mol. The van der Waals surface area contributed by atoms with Crippen molar-refractivity contribution in [3.05, 3.63) is 29.0 Å². The summed E-state index contributed by atoms with van der Waals surface area (Å²) in [5.74, 6) is 0.581. The number of hydrogen-bond donors (Lipinski definition) is 1. The van der Waals surface area contributed by atoms with Gasteiger partial charge in [0, 0.05) is 19.5 Å². The molecule has 94 valence electrons. The van der Waals surface area contributed by atoms with Crippen LogP contribution in [-0.2, 0) is 11.2 Å². The van der Waals surface area contributed by atoms with Crippen molar-refractivity contribution in [1.82, 2.24) is 15.0 Å². The molecule has 18 heavy (non-hydrogen) atoms. The Balaban J connectivity index is 1.84. The third-order valence-electron chi connectivity index (χ3n) is 2.97. The van der Waals surface area contributed by atoms with Gasteiger partial charge in [0.2, 0.25) is 5.95 Å². The SMILES string of the molecule is COC1CCCc2nc(Nc3ncccn3)sc21. The van der Waals surface area contributed by atoms with E-state index in [0.717, 1.165) is 30.1 Å². The Bertz CT molecular complexity index is 528. The van der Waals surface area contributed by atoms with Crippen LogP contribution in [0.2, 0.25) is 0 Å². The lowest BCUT2D eigenvalue weighted by atomic mass is 10.0. The molecular weight excluding hydrogens is 248 g/mol. The number of rotatable bonds is 3. The molecule has 6 heteroatoms. The van der Waals surface area contributed by atoms with E-state index < -0.39 is 0 Å². The number of ether oxygens (including phenoxy) is 1. The number of thiazole rings is 1. The smallest absolute Gasteiger partial charge is 0.228 e. The van der Waals surface area contributed by atoms with Crippen LogP contribution < -0.4 is 5.32 Å². The molecule has 1 aliphatic carbocycles. The first-order valence-electron chi connectivity index (χ1n) is 5.93. The van der Waals surface area contributed by atoms with Gasteiger partial charge in [0.1, 0.15) is 0 Å². The Morgan fingerprint density at radius 2 is 2.22 bits per heavy atom. The molecule has 2 aromatic heterocycles. The molecule has 1 aliphatic rings. The van der Waals surface area contributed by atoms with Crippen molar-refractivity contribution in [2.24, 2.45) is 0 Å². The van der Waals surface area contributed by atoms with Gasteiger partial charge in [0.05, 0.1) is 16.7 Å². The number of nitrogens with one attached hydrogen (secondary N) is 1. The van der Waals surface area contributed by atoms with Crippen molar-refractivity contribution in [3.8, 4) is 0 Å². The predicted molar refractivity (Wildman–Crippen MR) is 70.1 cm³/mol. The van der Waals surface area contributed by atoms with E-state index in [1.807, 2.05) is 0 Å². The molecule has 1 unspecified atom stereocenters. The molecule has 1 atom stereocenters. The highest BCUT2D eigenvalue weighted by molar-refractivity contribution is 7.15. The molecule has 0 bridgehead atoms. The molecule has 3 rings (SSSR count). The Morgan fingerprint density at radius 3 is 3.00 bits per heavy atom. The third kappa shape index (κ3) is 2.21. The second kappa shape index (κ2) is 4.99. The summed E-state index contributed by atoms with van der Waals surface area (Å²) in [4.78, 5) is 14.1. The summed E-state index contributed by atoms with van der Waals surface area (Å²) >= 11 is 1.64. The van der Waals surface area contributed by atoms with Gasteiger partial charge in [-0.15, -0.1) is 0 Å². The third-order valence-corrected chi connectivity index (χ3v) is 4.07. The van der Waals surface area contributed by atoms with Crippen molar-refractivity contribution in [2.75, 3.05) is 12.4 Å². The van der Waals surface area contributed by atoms with Gasteiger partial charge in [-0.2, -0.15) is 0 Å². The van der Waals surface area contributed by atoms with Gasteiger partial charge in [0.25, 0.3) is 0 Å². The van der Waals surface area contributed by atoms with E-state index in [0.29, 0.717) is 5.95 Å². The standard InChI is InChI=1S/C12H14N4OS/c1-17-9-5-2-4-8-10(9)18-12(15-8)16-11-13-6-3-7-14-11/h3,6-7,9H,2,4-5H2,1H3,(H,13,14,15,16). The largest absolute Gasteiger partial charge is 0.376 e. The Labute approximate surface area is 109 Å². The summed E-state index contributed by atoms with van der Waals surface area (Å²) in [7, 11) is 1.76. The van der Waals surface area contributed by atoms with E-state index in [-0.39, 0.29) is 6.10 Å². The zero-order chi connectivity index (χ0) is 12.4. The average Bonchev–Trinajstić information content (AvgIpc) is 2.82. The van der Waals surface area contributed by atoms with E-state index in [1.54, 1.807) is 36.9 Å². The Morgan fingerprint density at radius 1 is 1.39 bits per heavy atom. The first kappa shape index (κ1) is 11.6. The van der Waals surface area contributed by atoms with E-state index in [9.17, 15) is 0 Å². The van der Waals surface area contributed by atoms with Crippen LogP contribution in [0.5, 0.6) is 0 Å². The zero-order valence-electron chi connectivity index (χ0n) is 10.1. The molecule has 0 aliphatic heterocycles. The van der Waals surface area contributed by atoms with Crippen LogP contribution in [0.4, 0.5) is 11.1 Å². The molecule has 0 saturated heterocycles. The average molecular weight is 262 g/mol. The fourth-order valence-electron chi connectivity index (χ4n) is 2.12. The van der Waals surface area contributed by atoms with Crippen molar-refractivity contribution in [3.63, 3.8) is 0 Å². The highest BCUT2D eigenvalue weighted by atomic mass is 32.1. The van der Waals surface area contributed by atoms with Crippen molar-refractivity contribution >= 4 is 22.4 Å². The lowest BCUT2D eigenvalue weighted by Crippen LogP contribution is -2.08. The van der Waals surface area contributed by atoms with Gasteiger partial charge in [-0.05, 0) is 25.3 Å². The van der Waals surface area contributed by atoms with Gasteiger partial charge in [-0.3, -0.25) is 0 Å². The van der Waals surface area contributed by atoms with Gasteiger partial charge in [-0.1, -0.05) is 11.3 Å². The van der Waals surface area contributed by atoms with E-state index in [1.165, 1.54) is 4.88 Å². The van der Waals surface area contributed by atoms with Crippen LogP contribution in [-0.4, -0.2) is 22.1 Å². The number of methoxy groups -OCH3 is 1. The fourth-order valence-corrected chi connectivity index (χ4v) is 3.24. The molecule has 5 nitrogen and oxygen atoms in total. The maximum absolute atomic E-state index is 5.49. The number of aryl methyl sites for hydroxylation is 1. The summed E-state index contributed by atoms with van der Waals surface area (Å²) in [5, 5.41) is 3.98. The van der Waals surface area contributed by atoms with Crippen molar-refractivity contribution in [2.45, 2.75) is 25.4 Å².